The summed E-state index contributed by atoms with van der Waals surface area (Å²) in [5.41, 5.74) is 7.08. The third kappa shape index (κ3) is 1.48. The maximum atomic E-state index is 5.73. The lowest BCUT2D eigenvalue weighted by molar-refractivity contribution is 0.615. The van der Waals surface area contributed by atoms with Gasteiger partial charge in [0.1, 0.15) is 0 Å². The molecule has 1 aromatic rings. The molecule has 0 bridgehead atoms. The molecule has 2 heteroatoms. The Balaban J connectivity index is 2.15. The van der Waals surface area contributed by atoms with Gasteiger partial charge in [-0.05, 0) is 48.9 Å². The first-order chi connectivity index (χ1) is 5.92. The van der Waals surface area contributed by atoms with Crippen molar-refractivity contribution in [1.29, 1.82) is 0 Å². The van der Waals surface area contributed by atoms with Crippen LogP contribution in [0.2, 0.25) is 0 Å². The highest BCUT2D eigenvalue weighted by Crippen LogP contribution is 2.41. The van der Waals surface area contributed by atoms with Crippen LogP contribution in [0.3, 0.4) is 0 Å². The summed E-state index contributed by atoms with van der Waals surface area (Å²) >= 11 is 0. The molecular weight excluding hydrogens is 148 g/mol. The average molecular weight is 162 g/mol. The molecule has 0 aliphatic heterocycles. The number of pyridine rings is 1. The number of nitrogens with two attached hydrogens (primary N) is 1. The van der Waals surface area contributed by atoms with E-state index in [1.807, 2.05) is 12.4 Å². The Kier molecular flexibility index (Phi) is 2.09. The fourth-order valence-corrected chi connectivity index (χ4v) is 1.71. The van der Waals surface area contributed by atoms with Crippen molar-refractivity contribution in [3.63, 3.8) is 0 Å². The van der Waals surface area contributed by atoms with Gasteiger partial charge in [0.25, 0.3) is 0 Å². The summed E-state index contributed by atoms with van der Waals surface area (Å²) in [6.45, 7) is 0.773. The van der Waals surface area contributed by atoms with Gasteiger partial charge in [-0.3, -0.25) is 4.98 Å². The first kappa shape index (κ1) is 7.74. The first-order valence-corrected chi connectivity index (χ1v) is 4.52. The fraction of sp³-hybridized carbons (Fsp3) is 0.500. The van der Waals surface area contributed by atoms with E-state index in [-0.39, 0.29) is 0 Å². The maximum absolute atomic E-state index is 5.73. The molecule has 2 rings (SSSR count). The van der Waals surface area contributed by atoms with Gasteiger partial charge in [-0.15, -0.1) is 0 Å². The normalized spacial score (nSPS) is 19.1. The van der Waals surface area contributed by atoms with Crippen molar-refractivity contribution in [2.45, 2.75) is 18.8 Å². The van der Waals surface area contributed by atoms with Gasteiger partial charge in [-0.1, -0.05) is 0 Å². The summed E-state index contributed by atoms with van der Waals surface area (Å²) < 4.78 is 0. The third-order valence-corrected chi connectivity index (χ3v) is 2.58. The van der Waals surface area contributed by atoms with Crippen LogP contribution in [0.25, 0.3) is 0 Å². The van der Waals surface area contributed by atoms with Crippen LogP contribution in [0.5, 0.6) is 0 Å². The van der Waals surface area contributed by atoms with E-state index in [1.54, 1.807) is 0 Å². The molecule has 1 atom stereocenters. The minimum absolute atomic E-state index is 0.577. The molecule has 1 heterocycles. The zero-order chi connectivity index (χ0) is 8.39. The lowest BCUT2D eigenvalue weighted by Gasteiger charge is -2.12. The van der Waals surface area contributed by atoms with Crippen LogP contribution < -0.4 is 5.73 Å². The van der Waals surface area contributed by atoms with Crippen LogP contribution in [0.15, 0.2) is 24.5 Å². The quantitative estimate of drug-likeness (QED) is 0.732. The molecule has 0 amide bonds. The van der Waals surface area contributed by atoms with Crippen molar-refractivity contribution in [1.82, 2.24) is 4.98 Å². The van der Waals surface area contributed by atoms with Gasteiger partial charge < -0.3 is 5.73 Å². The van der Waals surface area contributed by atoms with E-state index in [2.05, 4.69) is 17.1 Å². The summed E-state index contributed by atoms with van der Waals surface area (Å²) in [5, 5.41) is 0. The predicted molar refractivity (Wildman–Crippen MR) is 48.8 cm³/mol. The van der Waals surface area contributed by atoms with Crippen molar-refractivity contribution in [2.24, 2.45) is 11.7 Å². The largest absolute Gasteiger partial charge is 0.330 e. The fourth-order valence-electron chi connectivity index (χ4n) is 1.71. The Labute approximate surface area is 72.8 Å². The Hall–Kier alpha value is -0.890. The van der Waals surface area contributed by atoms with Crippen LogP contribution in [-0.2, 0) is 0 Å². The van der Waals surface area contributed by atoms with Crippen LogP contribution in [-0.4, -0.2) is 11.5 Å². The van der Waals surface area contributed by atoms with Crippen molar-refractivity contribution < 1.29 is 0 Å². The lowest BCUT2D eigenvalue weighted by Crippen LogP contribution is -2.14. The molecule has 0 spiro atoms. The molecule has 12 heavy (non-hydrogen) atoms. The number of nitrogens with zero attached hydrogens (tertiary/aromatic N) is 1. The van der Waals surface area contributed by atoms with Crippen LogP contribution in [0, 0.1) is 5.92 Å². The van der Waals surface area contributed by atoms with Crippen LogP contribution >= 0.6 is 0 Å². The molecule has 1 fully saturated rings. The molecule has 0 saturated heterocycles. The molecule has 1 aromatic heterocycles. The molecule has 1 unspecified atom stereocenters. The first-order valence-electron chi connectivity index (χ1n) is 4.52. The zero-order valence-electron chi connectivity index (χ0n) is 7.11. The second-order valence-corrected chi connectivity index (χ2v) is 3.46. The van der Waals surface area contributed by atoms with Gasteiger partial charge in [0.2, 0.25) is 0 Å². The second kappa shape index (κ2) is 3.23. The van der Waals surface area contributed by atoms with Crippen molar-refractivity contribution in [3.8, 4) is 0 Å². The molecule has 2 nitrogen and oxygen atoms in total. The molecular formula is C10H14N2. The van der Waals surface area contributed by atoms with Crippen molar-refractivity contribution in [2.75, 3.05) is 6.54 Å². The summed E-state index contributed by atoms with van der Waals surface area (Å²) in [7, 11) is 0. The van der Waals surface area contributed by atoms with Crippen LogP contribution in [0.4, 0.5) is 0 Å². The summed E-state index contributed by atoms with van der Waals surface area (Å²) in [4.78, 5) is 4.00. The standard InChI is InChI=1S/C10H14N2/c11-7-10(8-1-2-8)9-3-5-12-6-4-9/h3-6,8,10H,1-2,7,11H2. The van der Waals surface area contributed by atoms with E-state index < -0.39 is 0 Å². The molecule has 64 valence electrons. The Morgan fingerprint density at radius 3 is 2.58 bits per heavy atom. The highest BCUT2D eigenvalue weighted by molar-refractivity contribution is 5.18. The minimum atomic E-state index is 0.577. The van der Waals surface area contributed by atoms with E-state index in [1.165, 1.54) is 18.4 Å². The number of hydrogen-bond acceptors (Lipinski definition) is 2. The van der Waals surface area contributed by atoms with E-state index in [9.17, 15) is 0 Å². The molecule has 1 aliphatic rings. The third-order valence-electron chi connectivity index (χ3n) is 2.58. The van der Waals surface area contributed by atoms with Gasteiger partial charge in [-0.25, -0.2) is 0 Å². The van der Waals surface area contributed by atoms with Crippen molar-refractivity contribution in [3.05, 3.63) is 30.1 Å². The van der Waals surface area contributed by atoms with E-state index in [0.717, 1.165) is 12.5 Å². The van der Waals surface area contributed by atoms with E-state index in [0.29, 0.717) is 5.92 Å². The molecule has 2 N–H and O–H groups in total. The summed E-state index contributed by atoms with van der Waals surface area (Å²) in [5.74, 6) is 1.42. The molecule has 1 aliphatic carbocycles. The van der Waals surface area contributed by atoms with Crippen LogP contribution in [0.1, 0.15) is 24.3 Å². The highest BCUT2D eigenvalue weighted by Gasteiger charge is 2.30. The molecule has 1 saturated carbocycles. The second-order valence-electron chi connectivity index (χ2n) is 3.46. The minimum Gasteiger partial charge on any atom is -0.330 e. The monoisotopic (exact) mass is 162 g/mol. The summed E-state index contributed by atoms with van der Waals surface area (Å²) in [6, 6.07) is 4.16. The maximum Gasteiger partial charge on any atom is 0.0270 e. The number of aromatic nitrogens is 1. The smallest absolute Gasteiger partial charge is 0.0270 e. The zero-order valence-corrected chi connectivity index (χ0v) is 7.11. The Morgan fingerprint density at radius 1 is 1.42 bits per heavy atom. The van der Waals surface area contributed by atoms with E-state index >= 15 is 0 Å². The SMILES string of the molecule is NCC(c1ccncc1)C1CC1. The summed E-state index contributed by atoms with van der Waals surface area (Å²) in [6.07, 6.45) is 6.40. The van der Waals surface area contributed by atoms with Gasteiger partial charge in [-0.2, -0.15) is 0 Å². The number of rotatable bonds is 3. The number of hydrogen-bond donors (Lipinski definition) is 1. The highest BCUT2D eigenvalue weighted by atomic mass is 14.6. The van der Waals surface area contributed by atoms with Gasteiger partial charge >= 0.3 is 0 Å². The van der Waals surface area contributed by atoms with Gasteiger partial charge in [0.05, 0.1) is 0 Å². The molecule has 0 radical (unpaired) electrons. The lowest BCUT2D eigenvalue weighted by atomic mass is 9.95. The topological polar surface area (TPSA) is 38.9 Å². The van der Waals surface area contributed by atoms with Gasteiger partial charge in [0.15, 0.2) is 0 Å². The van der Waals surface area contributed by atoms with Crippen molar-refractivity contribution >= 4 is 0 Å². The average Bonchev–Trinajstić information content (AvgIpc) is 2.92. The Bertz CT molecular complexity index is 241. The predicted octanol–water partition coefficient (Wildman–Crippen LogP) is 1.53. The van der Waals surface area contributed by atoms with E-state index in [4.69, 9.17) is 5.73 Å². The molecule has 0 aromatic carbocycles. The van der Waals surface area contributed by atoms with Gasteiger partial charge in [0, 0.05) is 12.4 Å². The Morgan fingerprint density at radius 2 is 2.08 bits per heavy atom.